The Balaban J connectivity index is 0.000000333. The highest BCUT2D eigenvalue weighted by Crippen LogP contribution is 3.02. The molecular formula is C28H31F8N5O2S. The SMILES string of the molecule is CN(c1ccc(S(F)(F)(F)(F)F)cc1)C(C(=O)NC1CCC(F)(F)CC1)c1cncc(F)c1.N#CN1CC2CCC2C1C=O. The van der Waals surface area contributed by atoms with Crippen molar-refractivity contribution < 1.29 is 42.2 Å². The van der Waals surface area contributed by atoms with E-state index in [4.69, 9.17) is 5.26 Å². The fourth-order valence-corrected chi connectivity index (χ4v) is 6.49. The van der Waals surface area contributed by atoms with Gasteiger partial charge in [0.2, 0.25) is 11.8 Å². The van der Waals surface area contributed by atoms with Crippen molar-refractivity contribution in [3.8, 4) is 6.19 Å². The summed E-state index contributed by atoms with van der Waals surface area (Å²) in [5.74, 6) is -3.21. The van der Waals surface area contributed by atoms with Crippen LogP contribution in [0.5, 0.6) is 0 Å². The van der Waals surface area contributed by atoms with Gasteiger partial charge in [-0.15, -0.1) is 0 Å². The summed E-state index contributed by atoms with van der Waals surface area (Å²) in [5, 5.41) is 11.3. The Labute approximate surface area is 248 Å². The van der Waals surface area contributed by atoms with Gasteiger partial charge in [-0.3, -0.25) is 14.7 Å². The number of hydrogen-bond acceptors (Lipinski definition) is 6. The number of likely N-dealkylation sites (tertiary alicyclic amines) is 1. The number of alkyl halides is 2. The number of nitrogens with one attached hydrogen (secondary N) is 1. The number of aldehydes is 1. The van der Waals surface area contributed by atoms with E-state index in [9.17, 15) is 42.2 Å². The summed E-state index contributed by atoms with van der Waals surface area (Å²) in [6.07, 6.45) is 6.55. The largest absolute Gasteiger partial charge is 0.359 e. The predicted molar refractivity (Wildman–Crippen MR) is 147 cm³/mol. The molecule has 1 amide bonds. The lowest BCUT2D eigenvalue weighted by Gasteiger charge is -2.40. The van der Waals surface area contributed by atoms with Crippen LogP contribution in [0.4, 0.5) is 38.3 Å². The van der Waals surface area contributed by atoms with Gasteiger partial charge in [-0.1, -0.05) is 19.4 Å². The number of likely N-dealkylation sites (N-methyl/N-ethyl adjacent to an activating group) is 1. The van der Waals surface area contributed by atoms with Crippen LogP contribution in [0.25, 0.3) is 0 Å². The molecule has 2 heterocycles. The molecule has 1 saturated heterocycles. The van der Waals surface area contributed by atoms with E-state index in [-0.39, 0.29) is 42.3 Å². The maximum Gasteiger partial charge on any atom is 0.310 e. The van der Waals surface area contributed by atoms with Crippen molar-refractivity contribution in [3.63, 3.8) is 0 Å². The normalized spacial score (nSPS) is 25.0. The number of nitrogens with zero attached hydrogens (tertiary/aromatic N) is 4. The summed E-state index contributed by atoms with van der Waals surface area (Å²) in [7, 11) is -8.58. The fourth-order valence-electron chi connectivity index (χ4n) is 5.84. The molecule has 44 heavy (non-hydrogen) atoms. The summed E-state index contributed by atoms with van der Waals surface area (Å²) in [5.41, 5.74) is -0.00637. The second kappa shape index (κ2) is 11.4. The highest BCUT2D eigenvalue weighted by molar-refractivity contribution is 8.45. The standard InChI is InChI=1S/C20H21F8N3OS.C8H10N2O/c1-31(16-2-4-17(5-3-16)33(24,25,26,27)28)18(13-10-14(21)12-29-11-13)19(32)30-15-6-8-20(22,23)9-7-15;9-5-10-3-6-1-2-7(6)8(10)4-11/h2-5,10-12,15,18H,6-9H2,1H3,(H,30,32);4,6-8H,1-3H2. The Hall–Kier alpha value is -3.61. The first-order valence-electron chi connectivity index (χ1n) is 13.8. The number of anilines is 1. The number of benzene rings is 1. The van der Waals surface area contributed by atoms with Crippen molar-refractivity contribution in [3.05, 3.63) is 54.1 Å². The molecule has 3 aliphatic rings. The monoisotopic (exact) mass is 653 g/mol. The summed E-state index contributed by atoms with van der Waals surface area (Å²) in [4.78, 5) is 28.0. The highest BCUT2D eigenvalue weighted by Gasteiger charge is 2.65. The van der Waals surface area contributed by atoms with Crippen molar-refractivity contribution in [1.29, 1.82) is 5.26 Å². The molecule has 0 radical (unpaired) electrons. The third-order valence-electron chi connectivity index (χ3n) is 8.40. The van der Waals surface area contributed by atoms with Gasteiger partial charge in [-0.2, -0.15) is 5.26 Å². The number of nitriles is 1. The zero-order valence-corrected chi connectivity index (χ0v) is 24.3. The number of halogens is 8. The van der Waals surface area contributed by atoms with Crippen molar-refractivity contribution in [2.75, 3.05) is 18.5 Å². The number of carbonyl (C=O) groups excluding carboxylic acids is 2. The topological polar surface area (TPSA) is 89.3 Å². The molecular weight excluding hydrogens is 622 g/mol. The molecule has 16 heteroatoms. The number of amides is 1. The third kappa shape index (κ3) is 7.72. The molecule has 0 bridgehead atoms. The van der Waals surface area contributed by atoms with E-state index in [0.29, 0.717) is 11.8 Å². The van der Waals surface area contributed by atoms with Crippen molar-refractivity contribution in [2.45, 2.75) is 67.5 Å². The van der Waals surface area contributed by atoms with Crippen molar-refractivity contribution in [2.24, 2.45) is 11.8 Å². The molecule has 4 atom stereocenters. The minimum absolute atomic E-state index is 0.00910. The summed E-state index contributed by atoms with van der Waals surface area (Å²) < 4.78 is 106. The molecule has 1 aromatic carbocycles. The zero-order chi connectivity index (χ0) is 32.6. The van der Waals surface area contributed by atoms with Crippen LogP contribution < -0.4 is 10.2 Å². The average molecular weight is 654 g/mol. The first kappa shape index (κ1) is 33.3. The Morgan fingerprint density at radius 3 is 2.25 bits per heavy atom. The molecule has 1 aromatic heterocycles. The Morgan fingerprint density at radius 1 is 1.11 bits per heavy atom. The Morgan fingerprint density at radius 2 is 1.75 bits per heavy atom. The van der Waals surface area contributed by atoms with Crippen LogP contribution in [0.3, 0.4) is 0 Å². The van der Waals surface area contributed by atoms with E-state index < -0.39 is 57.7 Å². The van der Waals surface area contributed by atoms with Crippen LogP contribution >= 0.6 is 10.2 Å². The van der Waals surface area contributed by atoms with E-state index in [0.717, 1.165) is 43.6 Å². The molecule has 0 spiro atoms. The maximum atomic E-state index is 13.8. The van der Waals surface area contributed by atoms with Gasteiger partial charge in [-0.25, -0.2) is 13.2 Å². The second-order valence-corrected chi connectivity index (χ2v) is 13.8. The van der Waals surface area contributed by atoms with Gasteiger partial charge in [0.1, 0.15) is 23.0 Å². The first-order chi connectivity index (χ1) is 20.3. The van der Waals surface area contributed by atoms with E-state index in [1.54, 1.807) is 4.90 Å². The third-order valence-corrected chi connectivity index (χ3v) is 9.57. The summed E-state index contributed by atoms with van der Waals surface area (Å²) in [6, 6.07) is 0.935. The van der Waals surface area contributed by atoms with Crippen LogP contribution in [0, 0.1) is 29.1 Å². The molecule has 3 fully saturated rings. The second-order valence-electron chi connectivity index (χ2n) is 11.4. The molecule has 7 nitrogen and oxygen atoms in total. The number of hydrogen-bond donors (Lipinski definition) is 1. The van der Waals surface area contributed by atoms with Crippen LogP contribution in [0.1, 0.15) is 50.1 Å². The Bertz CT molecular complexity index is 1410. The smallest absolute Gasteiger partial charge is 0.310 e. The minimum atomic E-state index is -9.88. The van der Waals surface area contributed by atoms with Crippen LogP contribution in [-0.4, -0.2) is 53.7 Å². The zero-order valence-electron chi connectivity index (χ0n) is 23.5. The van der Waals surface area contributed by atoms with Gasteiger partial charge in [-0.05, 0) is 67.9 Å². The molecule has 2 aliphatic carbocycles. The van der Waals surface area contributed by atoms with Gasteiger partial charge >= 0.3 is 10.2 Å². The molecule has 1 aliphatic heterocycles. The molecule has 1 N–H and O–H groups in total. The summed E-state index contributed by atoms with van der Waals surface area (Å²) in [6.45, 7) is 0.810. The highest BCUT2D eigenvalue weighted by atomic mass is 32.5. The lowest BCUT2D eigenvalue weighted by atomic mass is 9.73. The first-order valence-corrected chi connectivity index (χ1v) is 15.7. The quantitative estimate of drug-likeness (QED) is 0.194. The number of rotatable bonds is 7. The number of pyridine rings is 1. The molecule has 2 aromatic rings. The number of carbonyl (C=O) groups is 2. The van der Waals surface area contributed by atoms with Crippen LogP contribution in [0.15, 0.2) is 47.6 Å². The van der Waals surface area contributed by atoms with E-state index >= 15 is 0 Å². The van der Waals surface area contributed by atoms with Crippen LogP contribution in [-0.2, 0) is 9.59 Å². The minimum Gasteiger partial charge on any atom is -0.359 e. The van der Waals surface area contributed by atoms with E-state index in [1.807, 2.05) is 0 Å². The maximum absolute atomic E-state index is 13.8. The molecule has 5 rings (SSSR count). The molecule has 242 valence electrons. The lowest BCUT2D eigenvalue weighted by Crippen LogP contribution is -2.46. The number of aromatic nitrogens is 1. The van der Waals surface area contributed by atoms with Gasteiger partial charge in [0.15, 0.2) is 6.19 Å². The van der Waals surface area contributed by atoms with Gasteiger partial charge in [0, 0.05) is 49.9 Å². The van der Waals surface area contributed by atoms with Crippen molar-refractivity contribution >= 4 is 28.1 Å². The fraction of sp³-hybridized carbons (Fsp3) is 0.500. The molecule has 4 unspecified atom stereocenters. The van der Waals surface area contributed by atoms with Crippen LogP contribution in [0.2, 0.25) is 0 Å². The summed E-state index contributed by atoms with van der Waals surface area (Å²) >= 11 is 0. The molecule has 2 saturated carbocycles. The van der Waals surface area contributed by atoms with E-state index in [1.165, 1.54) is 24.6 Å². The predicted octanol–water partition coefficient (Wildman–Crippen LogP) is 7.13. The van der Waals surface area contributed by atoms with E-state index in [2.05, 4.69) is 16.5 Å². The van der Waals surface area contributed by atoms with Crippen molar-refractivity contribution in [1.82, 2.24) is 15.2 Å². The lowest BCUT2D eigenvalue weighted by molar-refractivity contribution is -0.124. The Kier molecular flexibility index (Phi) is 8.62. The number of fused-ring (bicyclic) bond motifs is 1. The van der Waals surface area contributed by atoms with Gasteiger partial charge in [0.25, 0.3) is 0 Å². The van der Waals surface area contributed by atoms with Gasteiger partial charge < -0.3 is 15.0 Å². The van der Waals surface area contributed by atoms with Gasteiger partial charge in [0.05, 0.1) is 12.2 Å². The average Bonchev–Trinajstić information content (AvgIpc) is 3.17.